The second-order valence-corrected chi connectivity index (χ2v) is 12.5. The van der Waals surface area contributed by atoms with Crippen LogP contribution in [0.4, 0.5) is 0 Å². The molecule has 0 N–H and O–H groups in total. The molecule has 0 spiro atoms. The molecule has 3 saturated carbocycles. The molecule has 0 unspecified atom stereocenters. The molecule has 0 aliphatic heterocycles. The summed E-state index contributed by atoms with van der Waals surface area (Å²) in [5.41, 5.74) is 1.20. The van der Waals surface area contributed by atoms with Crippen molar-refractivity contribution in [2.75, 3.05) is 0 Å². The van der Waals surface area contributed by atoms with Crippen LogP contribution in [0.25, 0.3) is 11.2 Å². The molecule has 2 heterocycles. The van der Waals surface area contributed by atoms with E-state index in [4.69, 9.17) is 0 Å². The normalized spacial score (nSPS) is 24.4. The van der Waals surface area contributed by atoms with Crippen LogP contribution in [0.5, 0.6) is 0 Å². The van der Waals surface area contributed by atoms with Crippen molar-refractivity contribution in [3.05, 3.63) is 24.6 Å². The van der Waals surface area contributed by atoms with E-state index in [1.165, 1.54) is 50.1 Å². The van der Waals surface area contributed by atoms with E-state index >= 15 is 0 Å². The molecule has 0 atom stereocenters. The second kappa shape index (κ2) is 8.18. The van der Waals surface area contributed by atoms with Gasteiger partial charge in [0.2, 0.25) is 0 Å². The van der Waals surface area contributed by atoms with Crippen molar-refractivity contribution < 1.29 is 19.4 Å². The van der Waals surface area contributed by atoms with Crippen LogP contribution in [-0.4, -0.2) is 25.1 Å². The van der Waals surface area contributed by atoms with Gasteiger partial charge < -0.3 is 0 Å². The summed E-state index contributed by atoms with van der Waals surface area (Å²) in [6, 6.07) is 0. The monoisotopic (exact) mass is 780 g/mol. The third kappa shape index (κ3) is 3.74. The predicted octanol–water partition coefficient (Wildman–Crippen LogP) is 2.70. The van der Waals surface area contributed by atoms with E-state index in [9.17, 15) is 9.59 Å². The van der Waals surface area contributed by atoms with Gasteiger partial charge in [-0.3, -0.25) is 0 Å². The zero-order valence-corrected chi connectivity index (χ0v) is 22.5. The topological polar surface area (TPSA) is 57.1 Å². The van der Waals surface area contributed by atoms with Crippen LogP contribution >= 0.6 is 45.7 Å². The standard InChI is InChI=1S/C9H12N4O2.C8H13I2N.Pt/c1-10-5-11(2)7-6(10)8(14)13(4)9(15)12(7)3;9-11(10)8-4-1-7(2-5-8)3-6-8;/h1-4H3;7H,1-6H2;. The van der Waals surface area contributed by atoms with Crippen LogP contribution in [0.2, 0.25) is 0 Å². The number of fused-ring (bicyclic) bond motifs is 4. The molecule has 3 aliphatic rings. The summed E-state index contributed by atoms with van der Waals surface area (Å²) >= 11 is 7.04. The van der Waals surface area contributed by atoms with E-state index in [0.29, 0.717) is 16.7 Å². The number of halogens is 2. The van der Waals surface area contributed by atoms with Gasteiger partial charge in [-0.05, 0) is 44.4 Å². The maximum Gasteiger partial charge on any atom is 0.0408 e. The first-order chi connectivity index (χ1) is 12.6. The van der Waals surface area contributed by atoms with Gasteiger partial charge in [0.15, 0.2) is 0 Å². The molecule has 3 aliphatic carbocycles. The molecule has 7 nitrogen and oxygen atoms in total. The van der Waals surface area contributed by atoms with E-state index in [1.807, 2.05) is 18.7 Å². The molecule has 0 radical (unpaired) electrons. The van der Waals surface area contributed by atoms with Gasteiger partial charge >= 0.3 is 102 Å². The molecule has 0 saturated heterocycles. The molecule has 5 rings (SSSR count). The molecule has 154 valence electrons. The second-order valence-electron chi connectivity index (χ2n) is 7.68. The van der Waals surface area contributed by atoms with Crippen LogP contribution in [0.1, 0.15) is 38.5 Å². The summed E-state index contributed by atoms with van der Waals surface area (Å²) in [7, 11) is 6.81. The molecule has 0 amide bonds. The van der Waals surface area contributed by atoms with Crippen LogP contribution in [0.3, 0.4) is 0 Å². The third-order valence-corrected chi connectivity index (χ3v) is 9.76. The first-order valence-electron chi connectivity index (χ1n) is 8.99. The average molecular weight is 780 g/mol. The summed E-state index contributed by atoms with van der Waals surface area (Å²) in [5.74, 6) is 1.09. The molecular weight excluding hydrogens is 755 g/mol. The van der Waals surface area contributed by atoms with Gasteiger partial charge in [-0.25, -0.2) is 0 Å². The smallest absolute Gasteiger partial charge is 0.0408 e. The Labute approximate surface area is 197 Å². The van der Waals surface area contributed by atoms with E-state index in [0.717, 1.165) is 14.3 Å². The van der Waals surface area contributed by atoms with Crippen LogP contribution < -0.4 is 11.2 Å². The Hall–Kier alpha value is 0.258. The Morgan fingerprint density at radius 2 is 1.44 bits per heavy atom. The van der Waals surface area contributed by atoms with Crippen LogP contribution in [-0.2, 0) is 47.5 Å². The Morgan fingerprint density at radius 3 is 1.89 bits per heavy atom. The van der Waals surface area contributed by atoms with Gasteiger partial charge in [0.25, 0.3) is 0 Å². The van der Waals surface area contributed by atoms with E-state index in [-0.39, 0.29) is 11.2 Å². The summed E-state index contributed by atoms with van der Waals surface area (Å²) in [5, 5.41) is 0. The molecular formula is C17H25I2N5O2Pt. The minimum atomic E-state index is -0.310. The van der Waals surface area contributed by atoms with Gasteiger partial charge in [-0.1, -0.05) is 0 Å². The number of aryl methyl sites for hydroxylation is 3. The van der Waals surface area contributed by atoms with E-state index in [1.54, 1.807) is 11.6 Å². The maximum atomic E-state index is 12.0. The zero-order chi connectivity index (χ0) is 20.1. The van der Waals surface area contributed by atoms with Crippen molar-refractivity contribution in [3.63, 3.8) is 0 Å². The third-order valence-electron chi connectivity index (χ3n) is 6.19. The molecule has 3 fully saturated rings. The minimum Gasteiger partial charge on any atom is -0.182 e. The molecule has 2 aromatic heterocycles. The number of rotatable bonds is 1. The fourth-order valence-corrected chi connectivity index (χ4v) is 6.31. The van der Waals surface area contributed by atoms with Gasteiger partial charge in [0, 0.05) is 51.3 Å². The number of hydrogen-bond acceptors (Lipinski definition) is 3. The van der Waals surface area contributed by atoms with Crippen molar-refractivity contribution >= 4 is 56.9 Å². The van der Waals surface area contributed by atoms with Gasteiger partial charge in [-0.2, -0.15) is 1.33 Å². The van der Waals surface area contributed by atoms with Gasteiger partial charge in [-0.15, -0.1) is 0 Å². The quantitative estimate of drug-likeness (QED) is 0.331. The maximum absolute atomic E-state index is 12.0. The fraction of sp³-hybridized carbons (Fsp3) is 0.706. The van der Waals surface area contributed by atoms with Crippen molar-refractivity contribution in [1.82, 2.24) is 19.6 Å². The first kappa shape index (κ1) is 22.0. The van der Waals surface area contributed by atoms with Gasteiger partial charge in [0.1, 0.15) is 0 Å². The Kier molecular flexibility index (Phi) is 6.65. The summed E-state index contributed by atoms with van der Waals surface area (Å²) < 4.78 is 9.54. The molecule has 2 bridgehead atoms. The molecule has 10 heteroatoms. The van der Waals surface area contributed by atoms with Crippen LogP contribution in [0.15, 0.2) is 9.59 Å². The zero-order valence-electron chi connectivity index (χ0n) is 15.9. The molecule has 2 aromatic rings. The van der Waals surface area contributed by atoms with Crippen molar-refractivity contribution in [3.8, 4) is 0 Å². The summed E-state index contributed by atoms with van der Waals surface area (Å²) in [6.07, 6.45) is 8.81. The predicted molar refractivity (Wildman–Crippen MR) is 119 cm³/mol. The Morgan fingerprint density at radius 1 is 0.926 bits per heavy atom. The van der Waals surface area contributed by atoms with Crippen LogP contribution in [0, 0.1) is 9.72 Å². The van der Waals surface area contributed by atoms with Crippen molar-refractivity contribution in [2.24, 2.45) is 34.1 Å². The largest absolute Gasteiger partial charge is 0.182 e. The molecule has 0 aromatic carbocycles. The van der Waals surface area contributed by atoms with Crippen molar-refractivity contribution in [2.45, 2.75) is 44.1 Å². The van der Waals surface area contributed by atoms with E-state index < -0.39 is 0 Å². The van der Waals surface area contributed by atoms with E-state index in [2.05, 4.69) is 66.4 Å². The number of imidazole rings is 1. The number of aromatic nitrogens is 4. The minimum absolute atomic E-state index is 0.264. The first-order valence-corrected chi connectivity index (χ1v) is 12.1. The Balaban J connectivity index is 0.000000166. The SMILES string of the molecule is Cn1c(=O)c2c(n(C)c1=O)n(C)[c](=[Pt])n2C.IN(I)C12CCC(CC1)CC2. The molecule has 27 heavy (non-hydrogen) atoms. The Bertz CT molecular complexity index is 1030. The summed E-state index contributed by atoms with van der Waals surface area (Å²) in [4.78, 5) is 23.8. The van der Waals surface area contributed by atoms with Crippen molar-refractivity contribution in [1.29, 1.82) is 0 Å². The summed E-state index contributed by atoms with van der Waals surface area (Å²) in [6.45, 7) is 0. The fourth-order valence-electron chi connectivity index (χ4n) is 4.36. The number of hydrogen-bond donors (Lipinski definition) is 0. The number of nitrogens with zero attached hydrogens (tertiary/aromatic N) is 5. The average Bonchev–Trinajstić information content (AvgIpc) is 2.91. The van der Waals surface area contributed by atoms with Gasteiger partial charge in [0.05, 0.1) is 0 Å².